The minimum atomic E-state index is -0.564. The van der Waals surface area contributed by atoms with Crippen LogP contribution in [0, 0.1) is 0 Å². The lowest BCUT2D eigenvalue weighted by Gasteiger charge is -2.02. The number of aromatic nitrogens is 2. The third-order valence-corrected chi connectivity index (χ3v) is 3.59. The van der Waals surface area contributed by atoms with Gasteiger partial charge in [-0.05, 0) is 23.8 Å². The van der Waals surface area contributed by atoms with Gasteiger partial charge >= 0.3 is 5.97 Å². The first-order valence-corrected chi connectivity index (χ1v) is 7.49. The molecule has 0 spiro atoms. The highest BCUT2D eigenvalue weighted by Gasteiger charge is 2.16. The van der Waals surface area contributed by atoms with E-state index < -0.39 is 5.97 Å². The summed E-state index contributed by atoms with van der Waals surface area (Å²) in [6.07, 6.45) is 2.94. The number of hydrogen-bond donors (Lipinski definition) is 0. The van der Waals surface area contributed by atoms with Crippen LogP contribution < -0.4 is 0 Å². The van der Waals surface area contributed by atoms with Gasteiger partial charge in [0.25, 0.3) is 0 Å². The minimum absolute atomic E-state index is 0.274. The van der Waals surface area contributed by atoms with Crippen molar-refractivity contribution in [1.82, 2.24) is 9.55 Å². The number of fused-ring (bicyclic) bond motifs is 1. The highest BCUT2D eigenvalue weighted by atomic mass is 16.5. The SMILES string of the molecule is Cn1c(C(=O)COC(=O)/C=C/c2ccccc2)nc2ccccc21. The number of para-hydroxylation sites is 2. The van der Waals surface area contributed by atoms with Crippen molar-refractivity contribution in [3.8, 4) is 0 Å². The predicted octanol–water partition coefficient (Wildman–Crippen LogP) is 3.01. The summed E-state index contributed by atoms with van der Waals surface area (Å²) in [6.45, 7) is -0.338. The van der Waals surface area contributed by atoms with Gasteiger partial charge in [0.2, 0.25) is 5.78 Å². The fourth-order valence-corrected chi connectivity index (χ4v) is 2.37. The van der Waals surface area contributed by atoms with Gasteiger partial charge in [-0.3, -0.25) is 4.79 Å². The zero-order chi connectivity index (χ0) is 16.9. The summed E-state index contributed by atoms with van der Waals surface area (Å²) in [5, 5.41) is 0. The summed E-state index contributed by atoms with van der Waals surface area (Å²) in [5.41, 5.74) is 2.48. The molecule has 0 N–H and O–H groups in total. The topological polar surface area (TPSA) is 61.2 Å². The molecule has 5 nitrogen and oxygen atoms in total. The van der Waals surface area contributed by atoms with Crippen molar-refractivity contribution in [2.45, 2.75) is 0 Å². The van der Waals surface area contributed by atoms with Gasteiger partial charge in [0, 0.05) is 13.1 Å². The molecular weight excluding hydrogens is 304 g/mol. The number of carbonyl (C=O) groups is 2. The van der Waals surface area contributed by atoms with E-state index in [1.54, 1.807) is 17.7 Å². The summed E-state index contributed by atoms with van der Waals surface area (Å²) in [7, 11) is 1.76. The number of imidazole rings is 1. The molecule has 3 rings (SSSR count). The Kier molecular flexibility index (Phi) is 4.52. The molecule has 24 heavy (non-hydrogen) atoms. The van der Waals surface area contributed by atoms with Crippen molar-refractivity contribution >= 4 is 28.9 Å². The molecule has 0 aliphatic rings. The van der Waals surface area contributed by atoms with E-state index in [2.05, 4.69) is 4.98 Å². The molecule has 0 aliphatic heterocycles. The number of ether oxygens (including phenoxy) is 1. The second-order valence-electron chi connectivity index (χ2n) is 5.26. The molecule has 1 aromatic heterocycles. The number of nitrogens with zero attached hydrogens (tertiary/aromatic N) is 2. The molecule has 0 unspecified atom stereocenters. The monoisotopic (exact) mass is 320 g/mol. The summed E-state index contributed by atoms with van der Waals surface area (Å²) < 4.78 is 6.70. The van der Waals surface area contributed by atoms with Crippen molar-refractivity contribution in [3.63, 3.8) is 0 Å². The second kappa shape index (κ2) is 6.91. The number of hydrogen-bond acceptors (Lipinski definition) is 4. The first-order chi connectivity index (χ1) is 11.6. The van der Waals surface area contributed by atoms with E-state index in [4.69, 9.17) is 4.74 Å². The number of ketones is 1. The van der Waals surface area contributed by atoms with E-state index in [9.17, 15) is 9.59 Å². The predicted molar refractivity (Wildman–Crippen MR) is 91.5 cm³/mol. The van der Waals surface area contributed by atoms with Crippen molar-refractivity contribution in [3.05, 3.63) is 72.1 Å². The summed E-state index contributed by atoms with van der Waals surface area (Å²) in [6, 6.07) is 16.8. The molecule has 0 aliphatic carbocycles. The first kappa shape index (κ1) is 15.7. The van der Waals surface area contributed by atoms with E-state index in [-0.39, 0.29) is 18.2 Å². The fraction of sp³-hybridized carbons (Fsp3) is 0.105. The highest BCUT2D eigenvalue weighted by Crippen LogP contribution is 2.14. The molecule has 0 saturated heterocycles. The minimum Gasteiger partial charge on any atom is -0.454 e. The molecular formula is C19H16N2O3. The maximum atomic E-state index is 12.2. The smallest absolute Gasteiger partial charge is 0.331 e. The molecule has 0 radical (unpaired) electrons. The Balaban J connectivity index is 1.63. The molecule has 0 fully saturated rings. The van der Waals surface area contributed by atoms with E-state index in [1.165, 1.54) is 6.08 Å². The molecule has 1 heterocycles. The maximum Gasteiger partial charge on any atom is 0.331 e. The molecule has 5 heteroatoms. The normalized spacial score (nSPS) is 11.0. The first-order valence-electron chi connectivity index (χ1n) is 7.49. The zero-order valence-corrected chi connectivity index (χ0v) is 13.2. The Morgan fingerprint density at radius 2 is 1.79 bits per heavy atom. The molecule has 2 aromatic carbocycles. The van der Waals surface area contributed by atoms with Crippen LogP contribution in [0.15, 0.2) is 60.7 Å². The van der Waals surface area contributed by atoms with Crippen molar-refractivity contribution < 1.29 is 14.3 Å². The van der Waals surface area contributed by atoms with Crippen LogP contribution in [0.4, 0.5) is 0 Å². The van der Waals surface area contributed by atoms with Crippen LogP contribution in [0.2, 0.25) is 0 Å². The highest BCUT2D eigenvalue weighted by molar-refractivity contribution is 5.98. The Hall–Kier alpha value is -3.21. The van der Waals surface area contributed by atoms with Gasteiger partial charge in [0.15, 0.2) is 12.4 Å². The van der Waals surface area contributed by atoms with Crippen molar-refractivity contribution in [2.24, 2.45) is 7.05 Å². The number of esters is 1. The lowest BCUT2D eigenvalue weighted by atomic mass is 10.2. The quantitative estimate of drug-likeness (QED) is 0.412. The Bertz CT molecular complexity index is 911. The third-order valence-electron chi connectivity index (χ3n) is 3.59. The van der Waals surface area contributed by atoms with Crippen LogP contribution in [-0.4, -0.2) is 27.9 Å². The van der Waals surface area contributed by atoms with Crippen LogP contribution in [0.5, 0.6) is 0 Å². The van der Waals surface area contributed by atoms with Gasteiger partial charge in [0.05, 0.1) is 11.0 Å². The molecule has 0 amide bonds. The van der Waals surface area contributed by atoms with Crippen LogP contribution in [0.25, 0.3) is 17.1 Å². The lowest BCUT2D eigenvalue weighted by molar-refractivity contribution is -0.136. The number of benzene rings is 2. The average molecular weight is 320 g/mol. The number of carbonyl (C=O) groups excluding carboxylic acids is 2. The molecule has 120 valence electrons. The molecule has 0 bridgehead atoms. The fourth-order valence-electron chi connectivity index (χ4n) is 2.37. The van der Waals surface area contributed by atoms with Crippen molar-refractivity contribution in [1.29, 1.82) is 0 Å². The van der Waals surface area contributed by atoms with Gasteiger partial charge in [-0.2, -0.15) is 0 Å². The number of rotatable bonds is 5. The average Bonchev–Trinajstić information content (AvgIpc) is 2.96. The van der Waals surface area contributed by atoms with Crippen LogP contribution in [0.1, 0.15) is 16.2 Å². The number of Topliss-reactive ketones (excluding diaryl/α,β-unsaturated/α-hetero) is 1. The van der Waals surface area contributed by atoms with Crippen LogP contribution in [-0.2, 0) is 16.6 Å². The van der Waals surface area contributed by atoms with E-state index in [1.807, 2.05) is 54.6 Å². The lowest BCUT2D eigenvalue weighted by Crippen LogP contribution is -2.16. The van der Waals surface area contributed by atoms with Gasteiger partial charge in [-0.25, -0.2) is 9.78 Å². The molecule has 0 atom stereocenters. The van der Waals surface area contributed by atoms with Crippen LogP contribution in [0.3, 0.4) is 0 Å². The summed E-state index contributed by atoms with van der Waals surface area (Å²) >= 11 is 0. The molecule has 0 saturated carbocycles. The van der Waals surface area contributed by atoms with E-state index in [0.29, 0.717) is 0 Å². The van der Waals surface area contributed by atoms with E-state index in [0.717, 1.165) is 16.6 Å². The Morgan fingerprint density at radius 3 is 2.54 bits per heavy atom. The van der Waals surface area contributed by atoms with Crippen molar-refractivity contribution in [2.75, 3.05) is 6.61 Å². The zero-order valence-electron chi connectivity index (χ0n) is 13.2. The largest absolute Gasteiger partial charge is 0.454 e. The molecule has 3 aromatic rings. The summed E-state index contributed by atoms with van der Waals surface area (Å²) in [4.78, 5) is 28.2. The Morgan fingerprint density at radius 1 is 1.08 bits per heavy atom. The van der Waals surface area contributed by atoms with Gasteiger partial charge in [0.1, 0.15) is 0 Å². The van der Waals surface area contributed by atoms with Gasteiger partial charge < -0.3 is 9.30 Å². The Labute approximate surface area is 139 Å². The van der Waals surface area contributed by atoms with Crippen LogP contribution >= 0.6 is 0 Å². The van der Waals surface area contributed by atoms with E-state index >= 15 is 0 Å². The standard InChI is InChI=1S/C19H16N2O3/c1-21-16-10-6-5-9-15(16)20-19(21)17(22)13-24-18(23)12-11-14-7-3-2-4-8-14/h2-12H,13H2,1H3/b12-11+. The van der Waals surface area contributed by atoms with Gasteiger partial charge in [-0.1, -0.05) is 42.5 Å². The summed E-state index contributed by atoms with van der Waals surface area (Å²) in [5.74, 6) is -0.628. The number of aryl methyl sites for hydroxylation is 1. The van der Waals surface area contributed by atoms with Gasteiger partial charge in [-0.15, -0.1) is 0 Å². The maximum absolute atomic E-state index is 12.2. The third kappa shape index (κ3) is 3.41. The second-order valence-corrected chi connectivity index (χ2v) is 5.26.